The van der Waals surface area contributed by atoms with E-state index in [2.05, 4.69) is 11.9 Å². The third-order valence-corrected chi connectivity index (χ3v) is 4.95. The lowest BCUT2D eigenvalue weighted by Crippen LogP contribution is -2.40. The van der Waals surface area contributed by atoms with Gasteiger partial charge in [0.2, 0.25) is 0 Å². The maximum absolute atomic E-state index is 13.0. The van der Waals surface area contributed by atoms with Crippen molar-refractivity contribution in [3.8, 4) is 5.75 Å². The Morgan fingerprint density at radius 3 is 2.23 bits per heavy atom. The molecule has 0 saturated carbocycles. The van der Waals surface area contributed by atoms with Crippen molar-refractivity contribution in [1.82, 2.24) is 18.7 Å². The first-order chi connectivity index (χ1) is 14.5. The van der Waals surface area contributed by atoms with Gasteiger partial charge >= 0.3 is 5.69 Å². The van der Waals surface area contributed by atoms with Gasteiger partial charge in [-0.3, -0.25) is 13.9 Å². The van der Waals surface area contributed by atoms with E-state index in [0.29, 0.717) is 36.7 Å². The van der Waals surface area contributed by atoms with Crippen LogP contribution in [0.25, 0.3) is 23.3 Å². The van der Waals surface area contributed by atoms with E-state index in [1.165, 1.54) is 4.57 Å². The summed E-state index contributed by atoms with van der Waals surface area (Å²) in [5, 5.41) is 0. The van der Waals surface area contributed by atoms with E-state index in [1.807, 2.05) is 57.3 Å². The molecule has 160 valence electrons. The lowest BCUT2D eigenvalue weighted by Gasteiger charge is -2.10. The minimum Gasteiger partial charge on any atom is -0.494 e. The van der Waals surface area contributed by atoms with Crippen LogP contribution < -0.4 is 16.0 Å². The molecular weight excluding hydrogens is 380 g/mol. The van der Waals surface area contributed by atoms with Crippen LogP contribution in [0.2, 0.25) is 0 Å². The Balaban J connectivity index is 2.03. The van der Waals surface area contributed by atoms with E-state index < -0.39 is 0 Å². The highest BCUT2D eigenvalue weighted by Crippen LogP contribution is 2.16. The van der Waals surface area contributed by atoms with Gasteiger partial charge in [0, 0.05) is 20.1 Å². The van der Waals surface area contributed by atoms with Gasteiger partial charge in [-0.15, -0.1) is 0 Å². The van der Waals surface area contributed by atoms with Crippen LogP contribution in [0.4, 0.5) is 0 Å². The van der Waals surface area contributed by atoms with Gasteiger partial charge in [0.05, 0.1) is 6.61 Å². The molecule has 7 nitrogen and oxygen atoms in total. The molecule has 0 amide bonds. The van der Waals surface area contributed by atoms with Crippen LogP contribution in [0.5, 0.6) is 5.75 Å². The summed E-state index contributed by atoms with van der Waals surface area (Å²) in [6.45, 7) is 7.66. The van der Waals surface area contributed by atoms with Gasteiger partial charge in [-0.1, -0.05) is 39.0 Å². The Kier molecular flexibility index (Phi) is 6.92. The standard InChI is InChI=1S/C23H30N4O3/c1-5-14-26-21-20(22(28)27(15-6-2)23(26)29)25(4)19(24-21)13-10-17-8-11-18(12-9-17)30-16-7-3/h8-13H,5-7,14-16H2,1-4H3. The summed E-state index contributed by atoms with van der Waals surface area (Å²) < 4.78 is 10.3. The van der Waals surface area contributed by atoms with Crippen LogP contribution in [0.3, 0.4) is 0 Å². The Morgan fingerprint density at radius 1 is 0.933 bits per heavy atom. The number of imidazole rings is 1. The largest absolute Gasteiger partial charge is 0.494 e. The summed E-state index contributed by atoms with van der Waals surface area (Å²) in [5.74, 6) is 1.48. The van der Waals surface area contributed by atoms with Crippen molar-refractivity contribution in [2.75, 3.05) is 6.61 Å². The third-order valence-electron chi connectivity index (χ3n) is 4.95. The van der Waals surface area contributed by atoms with E-state index in [0.717, 1.165) is 30.6 Å². The summed E-state index contributed by atoms with van der Waals surface area (Å²) in [4.78, 5) is 30.4. The molecule has 1 aromatic carbocycles. The predicted octanol–water partition coefficient (Wildman–Crippen LogP) is 3.68. The highest BCUT2D eigenvalue weighted by atomic mass is 16.5. The van der Waals surface area contributed by atoms with Crippen LogP contribution in [-0.4, -0.2) is 25.3 Å². The highest BCUT2D eigenvalue weighted by molar-refractivity contribution is 5.76. The smallest absolute Gasteiger partial charge is 0.332 e. The number of hydrogen-bond donors (Lipinski definition) is 0. The van der Waals surface area contributed by atoms with Gasteiger partial charge in [0.25, 0.3) is 5.56 Å². The lowest BCUT2D eigenvalue weighted by molar-refractivity contribution is 0.317. The second-order valence-electron chi connectivity index (χ2n) is 7.34. The van der Waals surface area contributed by atoms with Crippen molar-refractivity contribution in [2.24, 2.45) is 7.05 Å². The number of fused-ring (bicyclic) bond motifs is 1. The number of ether oxygens (including phenoxy) is 1. The molecule has 0 radical (unpaired) electrons. The first-order valence-electron chi connectivity index (χ1n) is 10.6. The van der Waals surface area contributed by atoms with Crippen molar-refractivity contribution in [3.05, 3.63) is 56.5 Å². The molecule has 0 aliphatic carbocycles. The molecule has 0 spiro atoms. The van der Waals surface area contributed by atoms with E-state index in [-0.39, 0.29) is 11.2 Å². The summed E-state index contributed by atoms with van der Waals surface area (Å²) in [5.41, 5.74) is 1.34. The van der Waals surface area contributed by atoms with Crippen LogP contribution in [-0.2, 0) is 20.1 Å². The number of aryl methyl sites for hydroxylation is 2. The molecular formula is C23H30N4O3. The summed E-state index contributed by atoms with van der Waals surface area (Å²) in [6, 6.07) is 7.83. The summed E-state index contributed by atoms with van der Waals surface area (Å²) in [7, 11) is 1.81. The van der Waals surface area contributed by atoms with E-state index in [1.54, 1.807) is 9.13 Å². The summed E-state index contributed by atoms with van der Waals surface area (Å²) in [6.07, 6.45) is 6.28. The fourth-order valence-corrected chi connectivity index (χ4v) is 3.44. The number of aromatic nitrogens is 4. The zero-order chi connectivity index (χ0) is 21.7. The van der Waals surface area contributed by atoms with Crippen LogP contribution >= 0.6 is 0 Å². The maximum atomic E-state index is 13.0. The molecule has 0 unspecified atom stereocenters. The quantitative estimate of drug-likeness (QED) is 0.540. The van der Waals surface area contributed by atoms with E-state index in [9.17, 15) is 9.59 Å². The van der Waals surface area contributed by atoms with Gasteiger partial charge in [-0.25, -0.2) is 9.78 Å². The average molecular weight is 411 g/mol. The molecule has 30 heavy (non-hydrogen) atoms. The van der Waals surface area contributed by atoms with Crippen LogP contribution in [0, 0.1) is 0 Å². The third kappa shape index (κ3) is 4.25. The molecule has 3 rings (SSSR count). The molecule has 0 bridgehead atoms. The number of benzene rings is 1. The molecule has 7 heteroatoms. The van der Waals surface area contributed by atoms with Crippen LogP contribution in [0.15, 0.2) is 33.9 Å². The SMILES string of the molecule is CCCOc1ccc(C=Cc2nc3c(c(=O)n(CCC)c(=O)n3CCC)n2C)cc1. The Labute approximate surface area is 176 Å². The first-order valence-corrected chi connectivity index (χ1v) is 10.6. The molecule has 0 saturated heterocycles. The molecule has 0 atom stereocenters. The predicted molar refractivity (Wildman–Crippen MR) is 121 cm³/mol. The fourth-order valence-electron chi connectivity index (χ4n) is 3.44. The normalized spacial score (nSPS) is 11.6. The molecule has 0 aliphatic rings. The van der Waals surface area contributed by atoms with Gasteiger partial charge in [0.1, 0.15) is 11.6 Å². The fraction of sp³-hybridized carbons (Fsp3) is 0.435. The zero-order valence-electron chi connectivity index (χ0n) is 18.2. The van der Waals surface area contributed by atoms with Crippen molar-refractivity contribution < 1.29 is 4.74 Å². The van der Waals surface area contributed by atoms with Crippen molar-refractivity contribution in [3.63, 3.8) is 0 Å². The average Bonchev–Trinajstić information content (AvgIpc) is 3.08. The van der Waals surface area contributed by atoms with Gasteiger partial charge in [-0.2, -0.15) is 0 Å². The van der Waals surface area contributed by atoms with Crippen LogP contribution in [0.1, 0.15) is 51.4 Å². The van der Waals surface area contributed by atoms with Gasteiger partial charge in [0.15, 0.2) is 11.2 Å². The minimum atomic E-state index is -0.285. The van der Waals surface area contributed by atoms with Crippen molar-refractivity contribution in [2.45, 2.75) is 53.1 Å². The monoisotopic (exact) mass is 410 g/mol. The van der Waals surface area contributed by atoms with Crippen molar-refractivity contribution >= 4 is 23.3 Å². The van der Waals surface area contributed by atoms with E-state index in [4.69, 9.17) is 4.74 Å². The van der Waals surface area contributed by atoms with E-state index >= 15 is 0 Å². The first kappa shape index (κ1) is 21.6. The zero-order valence-corrected chi connectivity index (χ0v) is 18.2. The summed E-state index contributed by atoms with van der Waals surface area (Å²) >= 11 is 0. The molecule has 0 fully saturated rings. The number of rotatable bonds is 9. The topological polar surface area (TPSA) is 71.1 Å². The highest BCUT2D eigenvalue weighted by Gasteiger charge is 2.18. The molecule has 0 N–H and O–H groups in total. The maximum Gasteiger partial charge on any atom is 0.332 e. The second kappa shape index (κ2) is 9.61. The minimum absolute atomic E-state index is 0.281. The van der Waals surface area contributed by atoms with Gasteiger partial charge < -0.3 is 9.30 Å². The molecule has 2 heterocycles. The Bertz CT molecular complexity index is 1150. The van der Waals surface area contributed by atoms with Crippen molar-refractivity contribution in [1.29, 1.82) is 0 Å². The molecule has 0 aliphatic heterocycles. The number of hydrogen-bond acceptors (Lipinski definition) is 4. The van der Waals surface area contributed by atoms with Gasteiger partial charge in [-0.05, 0) is 43.0 Å². The Morgan fingerprint density at radius 2 is 1.60 bits per heavy atom. The number of nitrogens with zero attached hydrogens (tertiary/aromatic N) is 4. The molecule has 3 aromatic rings. The lowest BCUT2D eigenvalue weighted by atomic mass is 10.2. The molecule has 2 aromatic heterocycles. The second-order valence-corrected chi connectivity index (χ2v) is 7.34. The Hall–Kier alpha value is -3.09.